The Hall–Kier alpha value is -2.73. The topological polar surface area (TPSA) is 97.4 Å². The van der Waals surface area contributed by atoms with Crippen molar-refractivity contribution in [2.75, 3.05) is 55.1 Å². The quantitative estimate of drug-likeness (QED) is 0.372. The molecular weight excluding hydrogens is 525 g/mol. The van der Waals surface area contributed by atoms with Gasteiger partial charge in [0.25, 0.3) is 0 Å². The van der Waals surface area contributed by atoms with Crippen LogP contribution in [-0.4, -0.2) is 84.7 Å². The number of halogens is 1. The van der Waals surface area contributed by atoms with Crippen LogP contribution in [0.2, 0.25) is 0 Å². The molecule has 1 aliphatic rings. The van der Waals surface area contributed by atoms with E-state index in [0.717, 1.165) is 31.2 Å². The van der Waals surface area contributed by atoms with Gasteiger partial charge in [0.15, 0.2) is 11.5 Å². The monoisotopic (exact) mass is 565 g/mol. The van der Waals surface area contributed by atoms with Crippen LogP contribution < -0.4 is 14.8 Å². The number of benzene rings is 2. The fraction of sp³-hybridized carbons (Fsp3) is 0.536. The van der Waals surface area contributed by atoms with Gasteiger partial charge in [-0.25, -0.2) is 12.8 Å². The Morgan fingerprint density at radius 1 is 1.03 bits per heavy atom. The van der Waals surface area contributed by atoms with Gasteiger partial charge < -0.3 is 24.4 Å². The van der Waals surface area contributed by atoms with Crippen molar-refractivity contribution in [1.82, 2.24) is 14.5 Å². The first-order valence-electron chi connectivity index (χ1n) is 13.0. The van der Waals surface area contributed by atoms with Crippen LogP contribution in [0.5, 0.6) is 11.5 Å². The minimum absolute atomic E-state index is 0.0563. The Morgan fingerprint density at radius 2 is 1.72 bits per heavy atom. The predicted molar refractivity (Wildman–Crippen MR) is 147 cm³/mol. The first-order chi connectivity index (χ1) is 18.6. The molecule has 1 unspecified atom stereocenters. The molecule has 0 radical (unpaired) electrons. The third-order valence-corrected chi connectivity index (χ3v) is 9.03. The Kier molecular flexibility index (Phi) is 11.1. The van der Waals surface area contributed by atoms with E-state index in [1.165, 1.54) is 49.8 Å². The van der Waals surface area contributed by atoms with Crippen molar-refractivity contribution in [3.63, 3.8) is 0 Å². The molecule has 0 spiro atoms. The van der Waals surface area contributed by atoms with Crippen molar-refractivity contribution in [2.24, 2.45) is 5.92 Å². The summed E-state index contributed by atoms with van der Waals surface area (Å²) >= 11 is 0. The molecule has 0 aliphatic heterocycles. The maximum Gasteiger partial charge on any atom is 0.246 e. The van der Waals surface area contributed by atoms with Crippen LogP contribution in [0.25, 0.3) is 0 Å². The second-order valence-corrected chi connectivity index (χ2v) is 12.1. The van der Waals surface area contributed by atoms with Gasteiger partial charge >= 0.3 is 0 Å². The summed E-state index contributed by atoms with van der Waals surface area (Å²) in [4.78, 5) is 14.7. The van der Waals surface area contributed by atoms with Gasteiger partial charge in [0.2, 0.25) is 15.9 Å². The molecule has 0 saturated heterocycles. The summed E-state index contributed by atoms with van der Waals surface area (Å²) < 4.78 is 56.6. The lowest BCUT2D eigenvalue weighted by Gasteiger charge is -2.37. The Bertz CT molecular complexity index is 1200. The highest BCUT2D eigenvalue weighted by Gasteiger charge is 2.31. The van der Waals surface area contributed by atoms with Crippen LogP contribution in [0.4, 0.5) is 4.39 Å². The average Bonchev–Trinajstić information content (AvgIpc) is 2.91. The van der Waals surface area contributed by atoms with E-state index in [2.05, 4.69) is 10.2 Å². The third-order valence-electron chi connectivity index (χ3n) is 7.18. The number of nitrogens with one attached hydrogen (secondary N) is 1. The number of likely N-dealkylation sites (N-methyl/N-ethyl adjacent to an activating group) is 1. The molecule has 0 heterocycles. The standard InChI is InChI=1S/C28H40FN3O6S/c1-31(2)28(21-7-6-8-22(29)17-21)20-9-11-23(12-10-20)30-27(33)19-38-16-15-32(3)39(34,35)24-13-14-25(36-4)26(18-24)37-5/h6-8,13-14,17-18,20,23,28H,9-12,15-16,19H2,1-5H3,(H,30,33). The van der Waals surface area contributed by atoms with Gasteiger partial charge in [-0.15, -0.1) is 0 Å². The van der Waals surface area contributed by atoms with Crippen molar-refractivity contribution in [3.05, 3.63) is 53.8 Å². The van der Waals surface area contributed by atoms with E-state index in [-0.39, 0.29) is 48.5 Å². The lowest BCUT2D eigenvalue weighted by Crippen LogP contribution is -2.41. The number of nitrogens with zero attached hydrogens (tertiary/aromatic N) is 2. The number of ether oxygens (including phenoxy) is 3. The number of hydrogen-bond donors (Lipinski definition) is 1. The Labute approximate surface area is 231 Å². The summed E-state index contributed by atoms with van der Waals surface area (Å²) in [6, 6.07) is 11.4. The molecule has 11 heteroatoms. The Balaban J connectivity index is 1.42. The molecule has 1 amide bonds. The first kappa shape index (κ1) is 30.8. The normalized spacial score (nSPS) is 18.7. The number of carbonyl (C=O) groups excluding carboxylic acids is 1. The molecule has 39 heavy (non-hydrogen) atoms. The van der Waals surface area contributed by atoms with Crippen LogP contribution in [-0.2, 0) is 19.6 Å². The number of methoxy groups -OCH3 is 2. The summed E-state index contributed by atoms with van der Waals surface area (Å²) in [5.41, 5.74) is 0.971. The van der Waals surface area contributed by atoms with Gasteiger partial charge in [-0.1, -0.05) is 12.1 Å². The molecule has 9 nitrogen and oxygen atoms in total. The third kappa shape index (κ3) is 8.14. The lowest BCUT2D eigenvalue weighted by atomic mass is 9.78. The van der Waals surface area contributed by atoms with Crippen molar-refractivity contribution < 1.29 is 31.8 Å². The summed E-state index contributed by atoms with van der Waals surface area (Å²) in [6.45, 7) is 0.0101. The molecule has 216 valence electrons. The zero-order valence-corrected chi connectivity index (χ0v) is 24.2. The number of hydrogen-bond acceptors (Lipinski definition) is 7. The zero-order chi connectivity index (χ0) is 28.6. The van der Waals surface area contributed by atoms with Gasteiger partial charge in [-0.2, -0.15) is 4.31 Å². The molecule has 1 saturated carbocycles. The van der Waals surface area contributed by atoms with E-state index < -0.39 is 10.0 Å². The van der Waals surface area contributed by atoms with Crippen LogP contribution in [0.15, 0.2) is 47.4 Å². The van der Waals surface area contributed by atoms with Crippen molar-refractivity contribution in [1.29, 1.82) is 0 Å². The smallest absolute Gasteiger partial charge is 0.246 e. The van der Waals surface area contributed by atoms with E-state index in [1.54, 1.807) is 12.1 Å². The van der Waals surface area contributed by atoms with Crippen LogP contribution in [0.1, 0.15) is 37.3 Å². The maximum absolute atomic E-state index is 13.8. The molecule has 2 aromatic carbocycles. The predicted octanol–water partition coefficient (Wildman–Crippen LogP) is 3.46. The summed E-state index contributed by atoms with van der Waals surface area (Å²) in [7, 11) is 4.63. The molecular formula is C28H40FN3O6S. The van der Waals surface area contributed by atoms with E-state index in [1.807, 2.05) is 20.2 Å². The minimum atomic E-state index is -3.77. The number of amides is 1. The second-order valence-electron chi connectivity index (χ2n) is 10.0. The summed E-state index contributed by atoms with van der Waals surface area (Å²) in [5, 5.41) is 3.03. The van der Waals surface area contributed by atoms with Crippen LogP contribution in [0.3, 0.4) is 0 Å². The fourth-order valence-corrected chi connectivity index (χ4v) is 6.34. The van der Waals surface area contributed by atoms with Crippen molar-refractivity contribution in [3.8, 4) is 11.5 Å². The molecule has 1 aliphatic carbocycles. The number of carbonyl (C=O) groups is 1. The number of sulfonamides is 1. The van der Waals surface area contributed by atoms with Gasteiger partial charge in [-0.3, -0.25) is 4.79 Å². The second kappa shape index (κ2) is 14.1. The highest BCUT2D eigenvalue weighted by atomic mass is 32.2. The van der Waals surface area contributed by atoms with Gasteiger partial charge in [0, 0.05) is 31.7 Å². The SMILES string of the molecule is COc1ccc(S(=O)(=O)N(C)CCOCC(=O)NC2CCC(C(c3cccc(F)c3)N(C)C)CC2)cc1OC. The fourth-order valence-electron chi connectivity index (χ4n) is 5.17. The molecule has 0 aromatic heterocycles. The molecule has 1 fully saturated rings. The highest BCUT2D eigenvalue weighted by molar-refractivity contribution is 7.89. The lowest BCUT2D eigenvalue weighted by molar-refractivity contribution is -0.126. The molecule has 2 aromatic rings. The molecule has 1 atom stereocenters. The van der Waals surface area contributed by atoms with E-state index in [0.29, 0.717) is 17.4 Å². The summed E-state index contributed by atoms with van der Waals surface area (Å²) in [6.07, 6.45) is 3.51. The van der Waals surface area contributed by atoms with Gasteiger partial charge in [0.05, 0.1) is 25.7 Å². The van der Waals surface area contributed by atoms with E-state index >= 15 is 0 Å². The van der Waals surface area contributed by atoms with Gasteiger partial charge in [0.1, 0.15) is 12.4 Å². The maximum atomic E-state index is 13.8. The van der Waals surface area contributed by atoms with Crippen LogP contribution >= 0.6 is 0 Å². The largest absolute Gasteiger partial charge is 0.493 e. The van der Waals surface area contributed by atoms with Crippen LogP contribution in [0, 0.1) is 11.7 Å². The zero-order valence-electron chi connectivity index (χ0n) is 23.4. The average molecular weight is 566 g/mol. The van der Waals surface area contributed by atoms with E-state index in [9.17, 15) is 17.6 Å². The molecule has 3 rings (SSSR count). The highest BCUT2D eigenvalue weighted by Crippen LogP contribution is 2.37. The van der Waals surface area contributed by atoms with Crippen molar-refractivity contribution in [2.45, 2.75) is 42.7 Å². The van der Waals surface area contributed by atoms with E-state index in [4.69, 9.17) is 14.2 Å². The molecule has 0 bridgehead atoms. The first-order valence-corrected chi connectivity index (χ1v) is 14.5. The van der Waals surface area contributed by atoms with Crippen molar-refractivity contribution >= 4 is 15.9 Å². The Morgan fingerprint density at radius 3 is 2.33 bits per heavy atom. The minimum Gasteiger partial charge on any atom is -0.493 e. The summed E-state index contributed by atoms with van der Waals surface area (Å²) in [5.74, 6) is 0.670. The number of rotatable bonds is 13. The molecule has 1 N–H and O–H groups in total. The van der Waals surface area contributed by atoms with Gasteiger partial charge in [-0.05, 0) is 75.5 Å².